The fourth-order valence-electron chi connectivity index (χ4n) is 3.39. The number of nitrogens with zero attached hydrogens (tertiary/aromatic N) is 1. The average Bonchev–Trinajstić information content (AvgIpc) is 2.69. The third-order valence-corrected chi connectivity index (χ3v) is 5.11. The van der Waals surface area contributed by atoms with Crippen LogP contribution in [0.1, 0.15) is 89.5 Å². The van der Waals surface area contributed by atoms with Crippen molar-refractivity contribution in [2.45, 2.75) is 90.5 Å². The van der Waals surface area contributed by atoms with Crippen molar-refractivity contribution in [3.05, 3.63) is 35.9 Å². The first kappa shape index (κ1) is 28.1. The van der Waals surface area contributed by atoms with Gasteiger partial charge in [0.05, 0.1) is 27.1 Å². The molecule has 0 spiro atoms. The number of hydrogen-bond donors (Lipinski definition) is 1. The molecule has 1 aromatic carbocycles. The van der Waals surface area contributed by atoms with Gasteiger partial charge in [-0.3, -0.25) is 4.79 Å². The molecular formula is C25H43NO4. The third kappa shape index (κ3) is 19.4. The van der Waals surface area contributed by atoms with Crippen LogP contribution in [0, 0.1) is 0 Å². The highest BCUT2D eigenvalue weighted by Crippen LogP contribution is 2.13. The molecule has 0 aliphatic heterocycles. The molecule has 0 radical (unpaired) electrons. The van der Waals surface area contributed by atoms with Gasteiger partial charge in [0.2, 0.25) is 0 Å². The van der Waals surface area contributed by atoms with E-state index in [4.69, 9.17) is 5.11 Å². The Hall–Kier alpha value is -1.88. The lowest BCUT2D eigenvalue weighted by atomic mass is 10.1. The van der Waals surface area contributed by atoms with E-state index in [-0.39, 0.29) is 6.42 Å². The molecule has 0 aliphatic rings. The molecule has 0 aromatic heterocycles. The minimum Gasteiger partial charge on any atom is -0.550 e. The monoisotopic (exact) mass is 421 g/mol. The lowest BCUT2D eigenvalue weighted by Crippen LogP contribution is -2.39. The first-order valence-electron chi connectivity index (χ1n) is 11.5. The highest BCUT2D eigenvalue weighted by Gasteiger charge is 2.14. The number of benzene rings is 1. The van der Waals surface area contributed by atoms with Crippen LogP contribution in [0.2, 0.25) is 0 Å². The van der Waals surface area contributed by atoms with E-state index < -0.39 is 18.4 Å². The van der Waals surface area contributed by atoms with Gasteiger partial charge in [-0.15, -0.1) is 0 Å². The zero-order valence-corrected chi connectivity index (χ0v) is 19.4. The summed E-state index contributed by atoms with van der Waals surface area (Å²) in [6.45, 7) is 4.74. The Kier molecular flexibility index (Phi) is 16.8. The van der Waals surface area contributed by atoms with Crippen LogP contribution in [0.25, 0.3) is 0 Å². The molecule has 5 heteroatoms. The Balaban J connectivity index is 0.000000890. The van der Waals surface area contributed by atoms with Crippen molar-refractivity contribution in [1.82, 2.24) is 0 Å². The fourth-order valence-corrected chi connectivity index (χ4v) is 3.39. The number of unbranched alkanes of at least 4 members (excludes halogenated alkanes) is 9. The van der Waals surface area contributed by atoms with Crippen LogP contribution in [0.3, 0.4) is 0 Å². The predicted octanol–water partition coefficient (Wildman–Crippen LogP) is 4.79. The molecule has 0 atom stereocenters. The molecule has 0 unspecified atom stereocenters. The molecule has 30 heavy (non-hydrogen) atoms. The summed E-state index contributed by atoms with van der Waals surface area (Å²) in [5, 5.41) is 17.4. The van der Waals surface area contributed by atoms with Crippen LogP contribution < -0.4 is 5.11 Å². The van der Waals surface area contributed by atoms with E-state index in [1.165, 1.54) is 76.3 Å². The van der Waals surface area contributed by atoms with Gasteiger partial charge < -0.3 is 19.5 Å². The van der Waals surface area contributed by atoms with E-state index in [1.54, 1.807) is 0 Å². The fraction of sp³-hybridized carbons (Fsp3) is 0.680. The number of quaternary nitrogens is 1. The Morgan fingerprint density at radius 1 is 0.833 bits per heavy atom. The second kappa shape index (κ2) is 17.9. The minimum absolute atomic E-state index is 0.359. The zero-order valence-electron chi connectivity index (χ0n) is 19.4. The lowest BCUT2D eigenvalue weighted by molar-refractivity contribution is -0.903. The first-order valence-corrected chi connectivity index (χ1v) is 11.5. The summed E-state index contributed by atoms with van der Waals surface area (Å²) in [5.74, 6) is -2.44. The van der Waals surface area contributed by atoms with Crippen molar-refractivity contribution in [3.63, 3.8) is 0 Å². The second-order valence-corrected chi connectivity index (χ2v) is 8.75. The Bertz CT molecular complexity index is 544. The van der Waals surface area contributed by atoms with E-state index >= 15 is 0 Å². The van der Waals surface area contributed by atoms with E-state index in [9.17, 15) is 14.7 Å². The van der Waals surface area contributed by atoms with Crippen molar-refractivity contribution in [2.75, 3.05) is 20.6 Å². The summed E-state index contributed by atoms with van der Waals surface area (Å²) in [6.07, 6.45) is 13.5. The molecule has 1 rings (SSSR count). The van der Waals surface area contributed by atoms with E-state index in [0.717, 1.165) is 11.0 Å². The van der Waals surface area contributed by atoms with E-state index in [0.29, 0.717) is 0 Å². The lowest BCUT2D eigenvalue weighted by Gasteiger charge is -2.30. The molecule has 0 aliphatic carbocycles. The number of aliphatic carboxylic acids is 2. The predicted molar refractivity (Wildman–Crippen MR) is 121 cm³/mol. The molecule has 0 fully saturated rings. The van der Waals surface area contributed by atoms with Gasteiger partial charge in [-0.25, -0.2) is 0 Å². The molecule has 1 N–H and O–H groups in total. The topological polar surface area (TPSA) is 77.4 Å². The van der Waals surface area contributed by atoms with Crippen molar-refractivity contribution in [3.8, 4) is 0 Å². The zero-order chi connectivity index (χ0) is 22.7. The number of rotatable bonds is 16. The minimum atomic E-state index is -1.33. The second-order valence-electron chi connectivity index (χ2n) is 8.75. The maximum Gasteiger partial charge on any atom is 0.303 e. The number of carboxylic acid groups (broad SMARTS) is 2. The van der Waals surface area contributed by atoms with Crippen LogP contribution in [-0.4, -0.2) is 42.2 Å². The normalized spacial score (nSPS) is 10.9. The quantitative estimate of drug-likeness (QED) is 0.308. The summed E-state index contributed by atoms with van der Waals surface area (Å²) in [4.78, 5) is 19.1. The SMILES string of the molecule is CCCCCCCCCCCC[N+](C)(C)Cc1ccccc1.O=C([O-])CCC(=O)O. The molecule has 0 bridgehead atoms. The van der Waals surface area contributed by atoms with Crippen LogP contribution in [-0.2, 0) is 16.1 Å². The first-order chi connectivity index (χ1) is 14.3. The van der Waals surface area contributed by atoms with Crippen molar-refractivity contribution < 1.29 is 24.3 Å². The Morgan fingerprint density at radius 2 is 1.33 bits per heavy atom. The van der Waals surface area contributed by atoms with Crippen LogP contribution in [0.5, 0.6) is 0 Å². The number of hydrogen-bond acceptors (Lipinski definition) is 3. The number of carbonyl (C=O) groups excluding carboxylic acids is 1. The van der Waals surface area contributed by atoms with Crippen molar-refractivity contribution >= 4 is 11.9 Å². The molecule has 0 saturated carbocycles. The van der Waals surface area contributed by atoms with Gasteiger partial charge in [-0.1, -0.05) is 88.6 Å². The maximum atomic E-state index is 9.61. The van der Waals surface area contributed by atoms with E-state index in [2.05, 4.69) is 51.4 Å². The molecule has 0 amide bonds. The summed E-state index contributed by atoms with van der Waals surface area (Å²) < 4.78 is 1.11. The molecular weight excluding hydrogens is 378 g/mol. The highest BCUT2D eigenvalue weighted by atomic mass is 16.4. The number of carbonyl (C=O) groups is 2. The number of carboxylic acids is 2. The molecule has 172 valence electrons. The van der Waals surface area contributed by atoms with Gasteiger partial charge in [0, 0.05) is 11.5 Å². The van der Waals surface area contributed by atoms with Gasteiger partial charge >= 0.3 is 5.97 Å². The average molecular weight is 422 g/mol. The summed E-state index contributed by atoms with van der Waals surface area (Å²) in [6, 6.07) is 10.9. The highest BCUT2D eigenvalue weighted by molar-refractivity contribution is 5.74. The Morgan fingerprint density at radius 3 is 1.77 bits per heavy atom. The van der Waals surface area contributed by atoms with Gasteiger partial charge in [-0.2, -0.15) is 0 Å². The van der Waals surface area contributed by atoms with Gasteiger partial charge in [0.25, 0.3) is 0 Å². The summed E-state index contributed by atoms with van der Waals surface area (Å²) >= 11 is 0. The van der Waals surface area contributed by atoms with E-state index in [1.807, 2.05) is 0 Å². The maximum absolute atomic E-state index is 9.61. The van der Waals surface area contributed by atoms with Gasteiger partial charge in [-0.05, 0) is 19.3 Å². The molecule has 5 nitrogen and oxygen atoms in total. The van der Waals surface area contributed by atoms with Crippen LogP contribution in [0.15, 0.2) is 30.3 Å². The largest absolute Gasteiger partial charge is 0.550 e. The smallest absolute Gasteiger partial charge is 0.303 e. The Labute approximate surface area is 183 Å². The van der Waals surface area contributed by atoms with Gasteiger partial charge in [0.1, 0.15) is 6.54 Å². The molecule has 0 heterocycles. The summed E-state index contributed by atoms with van der Waals surface area (Å²) in [7, 11) is 4.72. The van der Waals surface area contributed by atoms with Crippen LogP contribution >= 0.6 is 0 Å². The van der Waals surface area contributed by atoms with Gasteiger partial charge in [0.15, 0.2) is 0 Å². The van der Waals surface area contributed by atoms with Crippen molar-refractivity contribution in [2.24, 2.45) is 0 Å². The molecule has 1 aromatic rings. The molecule has 0 saturated heterocycles. The standard InChI is InChI=1S/C21H38N.C4H6O4/c1-4-5-6-7-8-9-10-11-12-16-19-22(2,3)20-21-17-14-13-15-18-21;5-3(6)1-2-4(7)8/h13-15,17-18H,4-12,16,19-20H2,1-3H3;1-2H2,(H,5,6)(H,7,8)/q+1;/p-1. The third-order valence-electron chi connectivity index (χ3n) is 5.11. The van der Waals surface area contributed by atoms with Crippen LogP contribution in [0.4, 0.5) is 0 Å². The summed E-state index contributed by atoms with van der Waals surface area (Å²) in [5.41, 5.74) is 1.46. The van der Waals surface area contributed by atoms with Crippen molar-refractivity contribution in [1.29, 1.82) is 0 Å².